The Kier molecular flexibility index (Phi) is 4.32. The number of rotatable bonds is 1. The summed E-state index contributed by atoms with van der Waals surface area (Å²) >= 11 is 0. The van der Waals surface area contributed by atoms with E-state index in [0.29, 0.717) is 22.9 Å². The summed E-state index contributed by atoms with van der Waals surface area (Å²) in [7, 11) is 0. The second-order valence-electron chi connectivity index (χ2n) is 8.65. The molecule has 1 saturated carbocycles. The molecule has 2 rings (SSSR count). The molecule has 2 heteroatoms. The lowest BCUT2D eigenvalue weighted by molar-refractivity contribution is 0.158. The summed E-state index contributed by atoms with van der Waals surface area (Å²) in [5, 5.41) is 0. The first-order chi connectivity index (χ1) is 8.72. The fraction of sp³-hybridized carbons (Fsp3) is 1.00. The molecule has 0 aromatic carbocycles. The molecule has 2 nitrogen and oxygen atoms in total. The second kappa shape index (κ2) is 5.37. The fourth-order valence-corrected chi connectivity index (χ4v) is 4.11. The Bertz CT molecular complexity index is 303. The SMILES string of the molecule is CC(C)(C)C1CCCN(C2CCC(C)(C)C2N)CC1. The van der Waals surface area contributed by atoms with E-state index in [-0.39, 0.29) is 0 Å². The molecule has 2 aliphatic rings. The van der Waals surface area contributed by atoms with Crippen molar-refractivity contribution in [2.24, 2.45) is 22.5 Å². The highest BCUT2D eigenvalue weighted by Crippen LogP contribution is 2.40. The van der Waals surface area contributed by atoms with Crippen molar-refractivity contribution in [2.45, 2.75) is 78.8 Å². The van der Waals surface area contributed by atoms with Crippen molar-refractivity contribution in [2.75, 3.05) is 13.1 Å². The zero-order chi connectivity index (χ0) is 14.3. The summed E-state index contributed by atoms with van der Waals surface area (Å²) < 4.78 is 0. The van der Waals surface area contributed by atoms with Gasteiger partial charge in [-0.15, -0.1) is 0 Å². The molecule has 2 N–H and O–H groups in total. The third kappa shape index (κ3) is 3.33. The number of hydrogen-bond donors (Lipinski definition) is 1. The highest BCUT2D eigenvalue weighted by molar-refractivity contribution is 4.99. The zero-order valence-corrected chi connectivity index (χ0v) is 13.7. The van der Waals surface area contributed by atoms with Crippen LogP contribution in [0.5, 0.6) is 0 Å². The largest absolute Gasteiger partial charge is 0.326 e. The van der Waals surface area contributed by atoms with E-state index in [4.69, 9.17) is 5.73 Å². The molecule has 1 aliphatic carbocycles. The van der Waals surface area contributed by atoms with Crippen LogP contribution < -0.4 is 5.73 Å². The predicted molar refractivity (Wildman–Crippen MR) is 83.1 cm³/mol. The first-order valence-corrected chi connectivity index (χ1v) is 8.21. The van der Waals surface area contributed by atoms with Crippen molar-refractivity contribution in [1.29, 1.82) is 0 Å². The minimum absolute atomic E-state index is 0.334. The average molecular weight is 266 g/mol. The highest BCUT2D eigenvalue weighted by atomic mass is 15.2. The molecule has 1 aliphatic heterocycles. The van der Waals surface area contributed by atoms with Crippen LogP contribution in [0, 0.1) is 16.7 Å². The van der Waals surface area contributed by atoms with Crippen LogP contribution in [-0.4, -0.2) is 30.1 Å². The smallest absolute Gasteiger partial charge is 0.0252 e. The van der Waals surface area contributed by atoms with E-state index in [2.05, 4.69) is 39.5 Å². The summed E-state index contributed by atoms with van der Waals surface area (Å²) in [4.78, 5) is 2.71. The van der Waals surface area contributed by atoms with Gasteiger partial charge in [0.25, 0.3) is 0 Å². The van der Waals surface area contributed by atoms with Crippen molar-refractivity contribution in [3.05, 3.63) is 0 Å². The number of hydrogen-bond acceptors (Lipinski definition) is 2. The van der Waals surface area contributed by atoms with Crippen molar-refractivity contribution in [3.63, 3.8) is 0 Å². The summed E-state index contributed by atoms with van der Waals surface area (Å²) in [6, 6.07) is 0.993. The number of nitrogens with two attached hydrogens (primary N) is 1. The topological polar surface area (TPSA) is 29.3 Å². The van der Waals surface area contributed by atoms with Gasteiger partial charge in [-0.25, -0.2) is 0 Å². The monoisotopic (exact) mass is 266 g/mol. The molecule has 2 fully saturated rings. The van der Waals surface area contributed by atoms with Gasteiger partial charge in [-0.3, -0.25) is 4.90 Å². The lowest BCUT2D eigenvalue weighted by atomic mass is 9.77. The molecule has 0 aromatic rings. The van der Waals surface area contributed by atoms with Crippen molar-refractivity contribution in [1.82, 2.24) is 4.90 Å². The highest BCUT2D eigenvalue weighted by Gasteiger charge is 2.42. The van der Waals surface area contributed by atoms with Gasteiger partial charge in [0.15, 0.2) is 0 Å². The van der Waals surface area contributed by atoms with Crippen LogP contribution >= 0.6 is 0 Å². The Morgan fingerprint density at radius 3 is 2.26 bits per heavy atom. The van der Waals surface area contributed by atoms with Crippen LogP contribution in [0.25, 0.3) is 0 Å². The van der Waals surface area contributed by atoms with Crippen LogP contribution in [0.4, 0.5) is 0 Å². The maximum atomic E-state index is 6.52. The van der Waals surface area contributed by atoms with Gasteiger partial charge in [0.2, 0.25) is 0 Å². The van der Waals surface area contributed by atoms with Gasteiger partial charge in [-0.05, 0) is 61.9 Å². The number of nitrogens with zero attached hydrogens (tertiary/aromatic N) is 1. The van der Waals surface area contributed by atoms with Crippen molar-refractivity contribution >= 4 is 0 Å². The van der Waals surface area contributed by atoms with Crippen molar-refractivity contribution in [3.8, 4) is 0 Å². The fourth-order valence-electron chi connectivity index (χ4n) is 4.11. The van der Waals surface area contributed by atoms with Crippen LogP contribution in [0.2, 0.25) is 0 Å². The minimum atomic E-state index is 0.334. The molecule has 112 valence electrons. The molecule has 1 saturated heterocycles. The third-order valence-corrected chi connectivity index (χ3v) is 5.86. The van der Waals surface area contributed by atoms with E-state index >= 15 is 0 Å². The maximum Gasteiger partial charge on any atom is 0.0252 e. The van der Waals surface area contributed by atoms with Gasteiger partial charge in [0, 0.05) is 12.1 Å². The Hall–Kier alpha value is -0.0800. The molecule has 0 spiro atoms. The molecule has 19 heavy (non-hydrogen) atoms. The summed E-state index contributed by atoms with van der Waals surface area (Å²) in [6.07, 6.45) is 6.69. The first-order valence-electron chi connectivity index (χ1n) is 8.21. The Morgan fingerprint density at radius 2 is 1.74 bits per heavy atom. The van der Waals surface area contributed by atoms with Gasteiger partial charge in [-0.2, -0.15) is 0 Å². The lowest BCUT2D eigenvalue weighted by Gasteiger charge is -2.35. The quantitative estimate of drug-likeness (QED) is 0.785. The average Bonchev–Trinajstić information content (AvgIpc) is 2.52. The predicted octanol–water partition coefficient (Wildman–Crippen LogP) is 3.65. The molecule has 3 unspecified atom stereocenters. The van der Waals surface area contributed by atoms with Crippen LogP contribution in [0.3, 0.4) is 0 Å². The molecule has 3 atom stereocenters. The molecule has 0 amide bonds. The van der Waals surface area contributed by atoms with E-state index in [1.807, 2.05) is 0 Å². The van der Waals surface area contributed by atoms with Crippen LogP contribution in [-0.2, 0) is 0 Å². The van der Waals surface area contributed by atoms with E-state index in [1.165, 1.54) is 45.2 Å². The Morgan fingerprint density at radius 1 is 1.05 bits per heavy atom. The van der Waals surface area contributed by atoms with Crippen LogP contribution in [0.1, 0.15) is 66.7 Å². The number of likely N-dealkylation sites (tertiary alicyclic amines) is 1. The second-order valence-corrected chi connectivity index (χ2v) is 8.65. The molecule has 0 aromatic heterocycles. The standard InChI is InChI=1S/C17H34N2/c1-16(2,3)13-7-6-11-19(12-9-13)14-8-10-17(4,5)15(14)18/h13-15H,6-12,18H2,1-5H3. The molecule has 0 radical (unpaired) electrons. The summed E-state index contributed by atoms with van der Waals surface area (Å²) in [5.74, 6) is 0.878. The van der Waals surface area contributed by atoms with E-state index in [1.54, 1.807) is 0 Å². The van der Waals surface area contributed by atoms with Gasteiger partial charge in [0.05, 0.1) is 0 Å². The summed E-state index contributed by atoms with van der Waals surface area (Å²) in [5.41, 5.74) is 7.32. The molecule has 0 bridgehead atoms. The van der Waals surface area contributed by atoms with Crippen LogP contribution in [0.15, 0.2) is 0 Å². The molecular weight excluding hydrogens is 232 g/mol. The zero-order valence-electron chi connectivity index (χ0n) is 13.7. The first kappa shape index (κ1) is 15.3. The van der Waals surface area contributed by atoms with E-state index < -0.39 is 0 Å². The Balaban J connectivity index is 1.97. The van der Waals surface area contributed by atoms with E-state index in [0.717, 1.165) is 5.92 Å². The third-order valence-electron chi connectivity index (χ3n) is 5.86. The summed E-state index contributed by atoms with van der Waals surface area (Å²) in [6.45, 7) is 14.4. The van der Waals surface area contributed by atoms with E-state index in [9.17, 15) is 0 Å². The van der Waals surface area contributed by atoms with Gasteiger partial charge in [0.1, 0.15) is 0 Å². The molecular formula is C17H34N2. The Labute approximate surface area is 120 Å². The van der Waals surface area contributed by atoms with Gasteiger partial charge >= 0.3 is 0 Å². The van der Waals surface area contributed by atoms with Crippen molar-refractivity contribution < 1.29 is 0 Å². The van der Waals surface area contributed by atoms with Gasteiger partial charge in [-0.1, -0.05) is 34.6 Å². The normalized spacial score (nSPS) is 37.3. The lowest BCUT2D eigenvalue weighted by Crippen LogP contribution is -2.49. The van der Waals surface area contributed by atoms with Gasteiger partial charge < -0.3 is 5.73 Å². The minimum Gasteiger partial charge on any atom is -0.326 e. The maximum absolute atomic E-state index is 6.52. The molecule has 1 heterocycles.